The van der Waals surface area contributed by atoms with Gasteiger partial charge in [-0.15, -0.1) is 0 Å². The quantitative estimate of drug-likeness (QED) is 0.0731. The number of hydrogen-bond acceptors (Lipinski definition) is 5. The predicted octanol–water partition coefficient (Wildman–Crippen LogP) is 36.4. The number of nitrogens with zero attached hydrogens (tertiary/aromatic N) is 4. The Morgan fingerprint density at radius 2 is 0.433 bits per heavy atom. The molecule has 134 heavy (non-hydrogen) atoms. The zero-order valence-corrected chi connectivity index (χ0v) is 78.7. The SMILES string of the molecule is Cc1cccc(C)c1-c1ccc(N(c2ccc(-c3c(C)cccc3C)cc2)c2cc(O)cc(N(c3ccc(-c4c(C)cccc4C)cc3)c3ccc(-c4c(C)cc(-c5ccc(C)c(-c6ccc(N(c7ccc(-c8c(C)cccc8C)cc7)c7cc(-c8c(C)cccc8C)cc(N(c8cccc(F)c8)c8c(-c9ccccc9)cccc8-c8ccccc8)c7)cc6)c5C)cc4C)cc3)c2)cc1. The average molecular weight is 1740 g/mol. The molecule has 0 fully saturated rings. The number of benzene rings is 19. The molecule has 0 saturated heterocycles. The van der Waals surface area contributed by atoms with Crippen LogP contribution in [-0.2, 0) is 0 Å². The van der Waals surface area contributed by atoms with Crippen molar-refractivity contribution in [1.82, 2.24) is 0 Å². The van der Waals surface area contributed by atoms with Crippen LogP contribution in [0.2, 0.25) is 0 Å². The molecule has 0 spiro atoms. The number of aryl methyl sites for hydroxylation is 13. The van der Waals surface area contributed by atoms with Crippen molar-refractivity contribution in [1.29, 1.82) is 0 Å². The van der Waals surface area contributed by atoms with Crippen LogP contribution in [0.5, 0.6) is 5.75 Å². The van der Waals surface area contributed by atoms with E-state index in [4.69, 9.17) is 0 Å². The lowest BCUT2D eigenvalue weighted by atomic mass is 9.86. The van der Waals surface area contributed by atoms with Gasteiger partial charge >= 0.3 is 0 Å². The van der Waals surface area contributed by atoms with E-state index in [2.05, 4.69) is 481 Å². The summed E-state index contributed by atoms with van der Waals surface area (Å²) in [6, 6.07) is 143. The third-order valence-electron chi connectivity index (χ3n) is 27.0. The van der Waals surface area contributed by atoms with E-state index in [0.717, 1.165) is 146 Å². The molecular weight excluding hydrogens is 1630 g/mol. The van der Waals surface area contributed by atoms with E-state index in [1.54, 1.807) is 6.07 Å². The number of halogens is 1. The number of anilines is 12. The fraction of sp³-hybridized carbons (Fsp3) is 0.109. The summed E-state index contributed by atoms with van der Waals surface area (Å²) >= 11 is 0. The molecule has 0 aliphatic carbocycles. The van der Waals surface area contributed by atoms with E-state index < -0.39 is 0 Å². The second-order valence-corrected chi connectivity index (χ2v) is 36.2. The average Bonchev–Trinajstić information content (AvgIpc) is 0.746. The van der Waals surface area contributed by atoms with Gasteiger partial charge in [0, 0.05) is 74.4 Å². The Kier molecular flexibility index (Phi) is 24.3. The maximum absolute atomic E-state index is 16.4. The van der Waals surface area contributed by atoms with Crippen molar-refractivity contribution in [2.24, 2.45) is 0 Å². The molecule has 1 N–H and O–H groups in total. The zero-order chi connectivity index (χ0) is 92.7. The van der Waals surface area contributed by atoms with Crippen molar-refractivity contribution in [2.75, 3.05) is 19.6 Å². The molecule has 0 radical (unpaired) electrons. The predicted molar refractivity (Wildman–Crippen MR) is 567 cm³/mol. The minimum atomic E-state index is -0.331. The summed E-state index contributed by atoms with van der Waals surface area (Å²) in [4.78, 5) is 9.20. The lowest BCUT2D eigenvalue weighted by Crippen LogP contribution is -2.15. The van der Waals surface area contributed by atoms with Crippen LogP contribution in [0.25, 0.3) is 111 Å². The van der Waals surface area contributed by atoms with E-state index in [9.17, 15) is 5.11 Å². The molecule has 0 saturated carbocycles. The zero-order valence-electron chi connectivity index (χ0n) is 78.7. The minimum absolute atomic E-state index is 0.138. The molecular formula is C128H109FN4O. The first kappa shape index (κ1) is 87.4. The van der Waals surface area contributed by atoms with Crippen molar-refractivity contribution >= 4 is 68.2 Å². The summed E-state index contributed by atoms with van der Waals surface area (Å²) in [6.07, 6.45) is 0. The van der Waals surface area contributed by atoms with Crippen LogP contribution in [0.4, 0.5) is 72.6 Å². The highest BCUT2D eigenvalue weighted by Gasteiger charge is 2.29. The van der Waals surface area contributed by atoms with Gasteiger partial charge in [0.15, 0.2) is 0 Å². The van der Waals surface area contributed by atoms with E-state index in [1.165, 1.54) is 112 Å². The molecule has 5 nitrogen and oxygen atoms in total. The molecule has 0 heterocycles. The van der Waals surface area contributed by atoms with Crippen molar-refractivity contribution in [2.45, 2.75) is 96.9 Å². The summed E-state index contributed by atoms with van der Waals surface area (Å²) in [6.45, 7) is 30.9. The van der Waals surface area contributed by atoms with Crippen molar-refractivity contribution in [3.63, 3.8) is 0 Å². The van der Waals surface area contributed by atoms with Crippen LogP contribution in [0.3, 0.4) is 0 Å². The Bertz CT molecular complexity index is 7350. The highest BCUT2D eigenvalue weighted by atomic mass is 19.1. The standard InChI is InChI=1S/C128H109FN4O/c1-81-28-21-29-82(2)121(81)97-47-59-106(60-48-97)130(113-74-104(125-89(9)36-25-37-90(125)10)75-114(77-113)133(112-43-26-42-105(129)76-112)128-119(95-38-17-15-18-39-95)44-27-45-120(128)96-40-19-16-20-41-96)107-69-57-102(58-70-107)127-91(11)46-71-118(94(127)14)103-72-92(12)126(93(13)73-103)101-55-67-111(68-56-101)132(110-65-53-100(54-66-110)124-87(7)34-24-35-88(124)8)116-78-115(79-117(134)80-116)131(108-61-49-98(50-62-108)122-83(3)30-22-31-84(122)4)109-63-51-99(52-64-109)123-85(5)32-23-33-86(123)6/h15-80,134H,1-14H3. The van der Waals surface area contributed by atoms with E-state index in [-0.39, 0.29) is 11.6 Å². The van der Waals surface area contributed by atoms with E-state index >= 15 is 4.39 Å². The molecule has 0 unspecified atom stereocenters. The molecule has 0 bridgehead atoms. The molecule has 0 aliphatic heterocycles. The van der Waals surface area contributed by atoms with Gasteiger partial charge in [0.25, 0.3) is 0 Å². The molecule has 0 atom stereocenters. The van der Waals surface area contributed by atoms with Gasteiger partial charge < -0.3 is 24.7 Å². The number of hydrogen-bond donors (Lipinski definition) is 1. The maximum Gasteiger partial charge on any atom is 0.125 e. The summed E-state index contributed by atoms with van der Waals surface area (Å²) in [5.41, 5.74) is 50.2. The van der Waals surface area contributed by atoms with Gasteiger partial charge in [0.05, 0.1) is 17.1 Å². The Morgan fingerprint density at radius 3 is 0.754 bits per heavy atom. The monoisotopic (exact) mass is 1740 g/mol. The number of aromatic hydroxyl groups is 1. The second kappa shape index (κ2) is 37.2. The summed E-state index contributed by atoms with van der Waals surface area (Å²) < 4.78 is 16.4. The number of para-hydroxylation sites is 1. The molecule has 19 aromatic rings. The Balaban J connectivity index is 0.697. The van der Waals surface area contributed by atoms with Gasteiger partial charge in [-0.3, -0.25) is 0 Å². The van der Waals surface area contributed by atoms with Gasteiger partial charge in [-0.2, -0.15) is 0 Å². The molecule has 19 aromatic carbocycles. The highest BCUT2D eigenvalue weighted by Crippen LogP contribution is 2.53. The summed E-state index contributed by atoms with van der Waals surface area (Å²) in [5, 5.41) is 12.4. The first-order chi connectivity index (χ1) is 65.0. The molecule has 654 valence electrons. The van der Waals surface area contributed by atoms with E-state index in [0.29, 0.717) is 5.69 Å². The van der Waals surface area contributed by atoms with Crippen molar-refractivity contribution in [3.8, 4) is 117 Å². The van der Waals surface area contributed by atoms with Crippen LogP contribution in [0.1, 0.15) is 77.9 Å². The topological polar surface area (TPSA) is 33.2 Å². The maximum atomic E-state index is 16.4. The molecule has 19 rings (SSSR count). The van der Waals surface area contributed by atoms with Crippen LogP contribution < -0.4 is 19.6 Å². The fourth-order valence-corrected chi connectivity index (χ4v) is 20.9. The molecule has 0 aliphatic rings. The minimum Gasteiger partial charge on any atom is -0.508 e. The van der Waals surface area contributed by atoms with Gasteiger partial charge in [-0.1, -0.05) is 273 Å². The van der Waals surface area contributed by atoms with Crippen molar-refractivity contribution in [3.05, 3.63) is 484 Å². The molecule has 0 aromatic heterocycles. The van der Waals surface area contributed by atoms with Crippen LogP contribution in [-0.4, -0.2) is 5.11 Å². The van der Waals surface area contributed by atoms with Gasteiger partial charge in [-0.25, -0.2) is 4.39 Å². The number of phenols is 1. The fourth-order valence-electron chi connectivity index (χ4n) is 20.9. The molecule has 6 heteroatoms. The molecule has 0 amide bonds. The van der Waals surface area contributed by atoms with Gasteiger partial charge in [0.1, 0.15) is 11.6 Å². The first-order valence-corrected chi connectivity index (χ1v) is 46.4. The Hall–Kier alpha value is -15.9. The number of rotatable bonds is 22. The largest absolute Gasteiger partial charge is 0.508 e. The van der Waals surface area contributed by atoms with Crippen LogP contribution >= 0.6 is 0 Å². The lowest BCUT2D eigenvalue weighted by Gasteiger charge is -2.33. The third kappa shape index (κ3) is 17.2. The second-order valence-electron chi connectivity index (χ2n) is 36.2. The third-order valence-corrected chi connectivity index (χ3v) is 27.0. The first-order valence-electron chi connectivity index (χ1n) is 46.4. The lowest BCUT2D eigenvalue weighted by molar-refractivity contribution is 0.475. The van der Waals surface area contributed by atoms with E-state index in [1.807, 2.05) is 24.3 Å². The summed E-state index contributed by atoms with van der Waals surface area (Å²) in [5.74, 6) is -0.193. The van der Waals surface area contributed by atoms with Crippen molar-refractivity contribution < 1.29 is 9.50 Å². The van der Waals surface area contributed by atoms with Gasteiger partial charge in [-0.05, 0) is 390 Å². The number of phenolic OH excluding ortho intramolecular Hbond substituents is 1. The highest BCUT2D eigenvalue weighted by molar-refractivity contribution is 6.00. The smallest absolute Gasteiger partial charge is 0.125 e. The van der Waals surface area contributed by atoms with Gasteiger partial charge in [0.2, 0.25) is 0 Å². The normalized spacial score (nSPS) is 11.3. The summed E-state index contributed by atoms with van der Waals surface area (Å²) in [7, 11) is 0. The Labute approximate surface area is 790 Å². The van der Waals surface area contributed by atoms with Crippen LogP contribution in [0, 0.1) is 103 Å². The Morgan fingerprint density at radius 1 is 0.164 bits per heavy atom. The van der Waals surface area contributed by atoms with Crippen LogP contribution in [0.15, 0.2) is 400 Å².